The standard InChI is InChI=1S/C21H21N3O/c1-15(2)13-20(25)23-19-14-18(16-9-5-3-6-10-16)22-21(24-19)17-11-7-4-8-12-17/h3-12,14-15H,13H2,1-2H3,(H,22,23,24,25). The summed E-state index contributed by atoms with van der Waals surface area (Å²) in [6.45, 7) is 4.04. The van der Waals surface area contributed by atoms with E-state index in [1.54, 1.807) is 0 Å². The molecule has 3 aromatic rings. The minimum absolute atomic E-state index is 0.0354. The highest BCUT2D eigenvalue weighted by molar-refractivity contribution is 5.90. The van der Waals surface area contributed by atoms with Crippen LogP contribution in [0.1, 0.15) is 20.3 Å². The molecule has 4 nitrogen and oxygen atoms in total. The summed E-state index contributed by atoms with van der Waals surface area (Å²) in [5, 5.41) is 2.90. The van der Waals surface area contributed by atoms with E-state index < -0.39 is 0 Å². The molecule has 0 unspecified atom stereocenters. The zero-order valence-electron chi connectivity index (χ0n) is 14.4. The van der Waals surface area contributed by atoms with Crippen molar-refractivity contribution in [2.24, 2.45) is 5.92 Å². The van der Waals surface area contributed by atoms with Crippen molar-refractivity contribution in [1.82, 2.24) is 9.97 Å². The number of hydrogen-bond acceptors (Lipinski definition) is 3. The van der Waals surface area contributed by atoms with Gasteiger partial charge >= 0.3 is 0 Å². The van der Waals surface area contributed by atoms with Gasteiger partial charge in [-0.05, 0) is 5.92 Å². The zero-order chi connectivity index (χ0) is 17.6. The Bertz CT molecular complexity index is 788. The number of anilines is 1. The number of nitrogens with zero attached hydrogens (tertiary/aromatic N) is 2. The maximum atomic E-state index is 12.1. The Kier molecular flexibility index (Phi) is 5.19. The molecule has 1 aromatic heterocycles. The van der Waals surface area contributed by atoms with Crippen LogP contribution in [0.15, 0.2) is 66.7 Å². The highest BCUT2D eigenvalue weighted by atomic mass is 16.1. The van der Waals surface area contributed by atoms with Crippen molar-refractivity contribution in [1.29, 1.82) is 0 Å². The van der Waals surface area contributed by atoms with Crippen LogP contribution in [0.5, 0.6) is 0 Å². The molecule has 126 valence electrons. The second kappa shape index (κ2) is 7.71. The Hall–Kier alpha value is -3.01. The molecule has 0 saturated heterocycles. The normalized spacial score (nSPS) is 10.7. The predicted molar refractivity (Wildman–Crippen MR) is 101 cm³/mol. The molecule has 0 saturated carbocycles. The van der Waals surface area contributed by atoms with Crippen LogP contribution in [0.3, 0.4) is 0 Å². The molecule has 0 radical (unpaired) electrons. The third kappa shape index (κ3) is 4.51. The van der Waals surface area contributed by atoms with E-state index in [-0.39, 0.29) is 5.91 Å². The van der Waals surface area contributed by atoms with Crippen LogP contribution in [-0.2, 0) is 4.79 Å². The third-order valence-corrected chi connectivity index (χ3v) is 3.69. The summed E-state index contributed by atoms with van der Waals surface area (Å²) in [5.41, 5.74) is 2.69. The number of amides is 1. The largest absolute Gasteiger partial charge is 0.311 e. The molecule has 0 aliphatic carbocycles. The Morgan fingerprint density at radius 1 is 0.920 bits per heavy atom. The first-order valence-electron chi connectivity index (χ1n) is 8.41. The number of carbonyl (C=O) groups excluding carboxylic acids is 1. The van der Waals surface area contributed by atoms with Gasteiger partial charge in [0.15, 0.2) is 5.82 Å². The molecule has 0 bridgehead atoms. The third-order valence-electron chi connectivity index (χ3n) is 3.69. The van der Waals surface area contributed by atoms with Crippen LogP contribution < -0.4 is 5.32 Å². The topological polar surface area (TPSA) is 54.9 Å². The first-order valence-corrected chi connectivity index (χ1v) is 8.41. The molecule has 1 amide bonds. The SMILES string of the molecule is CC(C)CC(=O)Nc1cc(-c2ccccc2)nc(-c2ccccc2)n1. The lowest BCUT2D eigenvalue weighted by Crippen LogP contribution is -2.15. The summed E-state index contributed by atoms with van der Waals surface area (Å²) >= 11 is 0. The Morgan fingerprint density at radius 2 is 1.52 bits per heavy atom. The van der Waals surface area contributed by atoms with E-state index in [0.29, 0.717) is 24.0 Å². The van der Waals surface area contributed by atoms with Crippen molar-refractivity contribution in [3.8, 4) is 22.6 Å². The van der Waals surface area contributed by atoms with E-state index in [0.717, 1.165) is 16.8 Å². The van der Waals surface area contributed by atoms with Gasteiger partial charge in [0.1, 0.15) is 5.82 Å². The van der Waals surface area contributed by atoms with Gasteiger partial charge in [-0.2, -0.15) is 0 Å². The van der Waals surface area contributed by atoms with Gasteiger partial charge in [0.25, 0.3) is 0 Å². The van der Waals surface area contributed by atoms with E-state index >= 15 is 0 Å². The lowest BCUT2D eigenvalue weighted by molar-refractivity contribution is -0.116. The first kappa shape index (κ1) is 16.8. The molecular weight excluding hydrogens is 310 g/mol. The summed E-state index contributed by atoms with van der Waals surface area (Å²) in [4.78, 5) is 21.4. The smallest absolute Gasteiger partial charge is 0.225 e. The maximum Gasteiger partial charge on any atom is 0.225 e. The maximum absolute atomic E-state index is 12.1. The summed E-state index contributed by atoms with van der Waals surface area (Å²) in [7, 11) is 0. The monoisotopic (exact) mass is 331 g/mol. The van der Waals surface area contributed by atoms with Crippen molar-refractivity contribution in [2.45, 2.75) is 20.3 Å². The van der Waals surface area contributed by atoms with Crippen molar-refractivity contribution >= 4 is 11.7 Å². The molecule has 1 N–H and O–H groups in total. The molecule has 25 heavy (non-hydrogen) atoms. The number of nitrogens with one attached hydrogen (secondary N) is 1. The fraction of sp³-hybridized carbons (Fsp3) is 0.190. The highest BCUT2D eigenvalue weighted by Crippen LogP contribution is 2.24. The minimum Gasteiger partial charge on any atom is -0.311 e. The molecule has 0 spiro atoms. The van der Waals surface area contributed by atoms with Crippen molar-refractivity contribution in [2.75, 3.05) is 5.32 Å². The van der Waals surface area contributed by atoms with Gasteiger partial charge in [0.2, 0.25) is 5.91 Å². The van der Waals surface area contributed by atoms with Gasteiger partial charge in [0.05, 0.1) is 5.69 Å². The van der Waals surface area contributed by atoms with E-state index in [4.69, 9.17) is 0 Å². The zero-order valence-corrected chi connectivity index (χ0v) is 14.4. The van der Waals surface area contributed by atoms with Gasteiger partial charge in [-0.15, -0.1) is 0 Å². The molecule has 0 atom stereocenters. The fourth-order valence-corrected chi connectivity index (χ4v) is 2.55. The lowest BCUT2D eigenvalue weighted by atomic mass is 10.1. The van der Waals surface area contributed by atoms with E-state index in [1.165, 1.54) is 0 Å². The van der Waals surface area contributed by atoms with Crippen molar-refractivity contribution in [3.63, 3.8) is 0 Å². The molecule has 3 rings (SSSR count). The number of aromatic nitrogens is 2. The van der Waals surface area contributed by atoms with Crippen LogP contribution in [0.25, 0.3) is 22.6 Å². The minimum atomic E-state index is -0.0354. The molecule has 0 aliphatic rings. The van der Waals surface area contributed by atoms with Crippen LogP contribution in [0, 0.1) is 5.92 Å². The number of hydrogen-bond donors (Lipinski definition) is 1. The number of benzene rings is 2. The molecule has 4 heteroatoms. The van der Waals surface area contributed by atoms with E-state index in [2.05, 4.69) is 15.3 Å². The predicted octanol–water partition coefficient (Wildman–Crippen LogP) is 4.80. The van der Waals surface area contributed by atoms with Crippen LogP contribution in [-0.4, -0.2) is 15.9 Å². The van der Waals surface area contributed by atoms with Crippen LogP contribution in [0.4, 0.5) is 5.82 Å². The van der Waals surface area contributed by atoms with Gasteiger partial charge in [0, 0.05) is 23.6 Å². The molecule has 2 aromatic carbocycles. The lowest BCUT2D eigenvalue weighted by Gasteiger charge is -2.10. The number of carbonyl (C=O) groups is 1. The Labute approximate surface area is 148 Å². The second-order valence-electron chi connectivity index (χ2n) is 6.34. The van der Waals surface area contributed by atoms with Crippen LogP contribution in [0.2, 0.25) is 0 Å². The fourth-order valence-electron chi connectivity index (χ4n) is 2.55. The molecule has 1 heterocycles. The van der Waals surface area contributed by atoms with E-state index in [1.807, 2.05) is 80.6 Å². The number of rotatable bonds is 5. The summed E-state index contributed by atoms with van der Waals surface area (Å²) in [5.74, 6) is 1.39. The average molecular weight is 331 g/mol. The Balaban J connectivity index is 2.01. The summed E-state index contributed by atoms with van der Waals surface area (Å²) < 4.78 is 0. The molecular formula is C21H21N3O. The van der Waals surface area contributed by atoms with E-state index in [9.17, 15) is 4.79 Å². The van der Waals surface area contributed by atoms with Crippen LogP contribution >= 0.6 is 0 Å². The van der Waals surface area contributed by atoms with Crippen molar-refractivity contribution < 1.29 is 4.79 Å². The van der Waals surface area contributed by atoms with Gasteiger partial charge < -0.3 is 5.32 Å². The van der Waals surface area contributed by atoms with Gasteiger partial charge in [-0.25, -0.2) is 9.97 Å². The van der Waals surface area contributed by atoms with Gasteiger partial charge in [-0.3, -0.25) is 4.79 Å². The summed E-state index contributed by atoms with van der Waals surface area (Å²) in [6.07, 6.45) is 0.464. The first-order chi connectivity index (χ1) is 12.1. The average Bonchev–Trinajstić information content (AvgIpc) is 2.62. The van der Waals surface area contributed by atoms with Crippen molar-refractivity contribution in [3.05, 3.63) is 66.7 Å². The quantitative estimate of drug-likeness (QED) is 0.731. The Morgan fingerprint density at radius 3 is 2.12 bits per heavy atom. The second-order valence-corrected chi connectivity index (χ2v) is 6.34. The highest BCUT2D eigenvalue weighted by Gasteiger charge is 2.11. The molecule has 0 fully saturated rings. The molecule has 0 aliphatic heterocycles. The summed E-state index contributed by atoms with van der Waals surface area (Å²) in [6, 6.07) is 21.5. The van der Waals surface area contributed by atoms with Gasteiger partial charge in [-0.1, -0.05) is 74.5 Å².